The number of aryl methyl sites for hydroxylation is 1. The lowest BCUT2D eigenvalue weighted by molar-refractivity contribution is -0.121. The first kappa shape index (κ1) is 19.7. The Morgan fingerprint density at radius 1 is 1.30 bits per heavy atom. The maximum atomic E-state index is 12.1. The Bertz CT molecular complexity index is 515. The van der Waals surface area contributed by atoms with Crippen molar-refractivity contribution in [1.29, 1.82) is 0 Å². The summed E-state index contributed by atoms with van der Waals surface area (Å²) in [6, 6.07) is 0. The zero-order valence-corrected chi connectivity index (χ0v) is 15.7. The molecule has 1 amide bonds. The van der Waals surface area contributed by atoms with E-state index in [1.165, 1.54) is 11.3 Å². The van der Waals surface area contributed by atoms with E-state index in [-0.39, 0.29) is 11.4 Å². The van der Waals surface area contributed by atoms with Crippen LogP contribution in [0.3, 0.4) is 0 Å². The molecule has 0 aliphatic rings. The summed E-state index contributed by atoms with van der Waals surface area (Å²) in [6.45, 7) is 14.1. The highest BCUT2D eigenvalue weighted by Crippen LogP contribution is 2.16. The van der Waals surface area contributed by atoms with E-state index < -0.39 is 0 Å². The fourth-order valence-electron chi connectivity index (χ4n) is 2.72. The SMILES string of the molecule is CCC(N)(CC)CNC(=O)CCc1c(C)nn(CC(C)C)c1C. The Morgan fingerprint density at radius 2 is 1.91 bits per heavy atom. The first-order valence-corrected chi connectivity index (χ1v) is 8.80. The summed E-state index contributed by atoms with van der Waals surface area (Å²) in [5.74, 6) is 0.627. The molecule has 1 heterocycles. The average molecular weight is 322 g/mol. The van der Waals surface area contributed by atoms with Crippen molar-refractivity contribution in [3.63, 3.8) is 0 Å². The summed E-state index contributed by atoms with van der Waals surface area (Å²) in [7, 11) is 0. The minimum atomic E-state index is -0.288. The standard InChI is InChI=1S/C18H34N4O/c1-7-18(19,8-2)12-20-17(23)10-9-16-14(5)21-22(15(16)6)11-13(3)4/h13H,7-12,19H2,1-6H3,(H,20,23). The van der Waals surface area contributed by atoms with E-state index in [9.17, 15) is 4.79 Å². The molecular weight excluding hydrogens is 288 g/mol. The van der Waals surface area contributed by atoms with Gasteiger partial charge >= 0.3 is 0 Å². The molecule has 0 atom stereocenters. The zero-order chi connectivity index (χ0) is 17.6. The Labute approximate surface area is 141 Å². The number of hydrogen-bond donors (Lipinski definition) is 2. The number of nitrogens with two attached hydrogens (primary N) is 1. The number of carbonyl (C=O) groups is 1. The van der Waals surface area contributed by atoms with Crippen molar-refractivity contribution in [2.75, 3.05) is 6.54 Å². The van der Waals surface area contributed by atoms with Crippen molar-refractivity contribution in [3.8, 4) is 0 Å². The largest absolute Gasteiger partial charge is 0.354 e. The van der Waals surface area contributed by atoms with Crippen LogP contribution in [0.15, 0.2) is 0 Å². The highest BCUT2D eigenvalue weighted by Gasteiger charge is 2.21. The summed E-state index contributed by atoms with van der Waals surface area (Å²) in [4.78, 5) is 12.1. The van der Waals surface area contributed by atoms with E-state index in [0.717, 1.165) is 31.5 Å². The fraction of sp³-hybridized carbons (Fsp3) is 0.778. The molecule has 0 aliphatic carbocycles. The van der Waals surface area contributed by atoms with Crippen molar-refractivity contribution in [2.24, 2.45) is 11.7 Å². The molecule has 132 valence electrons. The van der Waals surface area contributed by atoms with Gasteiger partial charge in [0, 0.05) is 30.7 Å². The molecule has 0 spiro atoms. The maximum absolute atomic E-state index is 12.1. The fourth-order valence-corrected chi connectivity index (χ4v) is 2.72. The van der Waals surface area contributed by atoms with Gasteiger partial charge in [-0.25, -0.2) is 0 Å². The predicted octanol–water partition coefficient (Wildman–Crippen LogP) is 2.72. The second kappa shape index (κ2) is 8.48. The molecule has 0 aromatic carbocycles. The number of carbonyl (C=O) groups excluding carboxylic acids is 1. The van der Waals surface area contributed by atoms with Gasteiger partial charge in [-0.2, -0.15) is 5.10 Å². The third-order valence-electron chi connectivity index (χ3n) is 4.72. The minimum absolute atomic E-state index is 0.0668. The first-order chi connectivity index (χ1) is 10.7. The first-order valence-electron chi connectivity index (χ1n) is 8.80. The van der Waals surface area contributed by atoms with Crippen molar-refractivity contribution in [1.82, 2.24) is 15.1 Å². The van der Waals surface area contributed by atoms with Crippen LogP contribution in [0.4, 0.5) is 0 Å². The normalized spacial score (nSPS) is 12.0. The molecule has 0 radical (unpaired) electrons. The molecule has 0 aliphatic heterocycles. The summed E-state index contributed by atoms with van der Waals surface area (Å²) >= 11 is 0. The number of hydrogen-bond acceptors (Lipinski definition) is 3. The lowest BCUT2D eigenvalue weighted by Crippen LogP contribution is -2.49. The van der Waals surface area contributed by atoms with E-state index in [1.54, 1.807) is 0 Å². The molecule has 5 heteroatoms. The Hall–Kier alpha value is -1.36. The van der Waals surface area contributed by atoms with Gasteiger partial charge in [0.15, 0.2) is 0 Å². The van der Waals surface area contributed by atoms with Gasteiger partial charge in [-0.05, 0) is 44.6 Å². The lowest BCUT2D eigenvalue weighted by atomic mass is 9.94. The Kier molecular flexibility index (Phi) is 7.26. The minimum Gasteiger partial charge on any atom is -0.354 e. The van der Waals surface area contributed by atoms with E-state index in [1.807, 2.05) is 6.92 Å². The Balaban J connectivity index is 2.58. The number of nitrogens with one attached hydrogen (secondary N) is 1. The van der Waals surface area contributed by atoms with Gasteiger partial charge in [-0.3, -0.25) is 9.48 Å². The van der Waals surface area contributed by atoms with Crippen LogP contribution < -0.4 is 11.1 Å². The number of amides is 1. The van der Waals surface area contributed by atoms with Crippen LogP contribution in [-0.4, -0.2) is 27.8 Å². The summed E-state index contributed by atoms with van der Waals surface area (Å²) in [6.07, 6.45) is 2.95. The second-order valence-corrected chi connectivity index (χ2v) is 7.07. The highest BCUT2D eigenvalue weighted by molar-refractivity contribution is 5.76. The molecule has 1 aromatic heterocycles. The molecule has 0 bridgehead atoms. The molecule has 3 N–H and O–H groups in total. The van der Waals surface area contributed by atoms with Gasteiger partial charge in [0.05, 0.1) is 5.69 Å². The van der Waals surface area contributed by atoms with Crippen LogP contribution >= 0.6 is 0 Å². The third kappa shape index (κ3) is 5.65. The molecule has 0 unspecified atom stereocenters. The van der Waals surface area contributed by atoms with E-state index in [0.29, 0.717) is 18.9 Å². The smallest absolute Gasteiger partial charge is 0.220 e. The van der Waals surface area contributed by atoms with Crippen LogP contribution in [0.1, 0.15) is 63.9 Å². The van der Waals surface area contributed by atoms with E-state index in [4.69, 9.17) is 5.73 Å². The van der Waals surface area contributed by atoms with Gasteiger partial charge < -0.3 is 11.1 Å². The molecule has 1 aromatic rings. The molecule has 0 saturated heterocycles. The highest BCUT2D eigenvalue weighted by atomic mass is 16.1. The van der Waals surface area contributed by atoms with E-state index in [2.05, 4.69) is 49.7 Å². The quantitative estimate of drug-likeness (QED) is 0.734. The van der Waals surface area contributed by atoms with Gasteiger partial charge in [-0.15, -0.1) is 0 Å². The van der Waals surface area contributed by atoms with Gasteiger partial charge in [0.2, 0.25) is 5.91 Å². The molecule has 1 rings (SSSR count). The molecule has 0 fully saturated rings. The van der Waals surface area contributed by atoms with Gasteiger partial charge in [0.1, 0.15) is 0 Å². The van der Waals surface area contributed by atoms with E-state index >= 15 is 0 Å². The number of nitrogens with zero attached hydrogens (tertiary/aromatic N) is 2. The lowest BCUT2D eigenvalue weighted by Gasteiger charge is -2.26. The van der Waals surface area contributed by atoms with Crippen LogP contribution in [0.2, 0.25) is 0 Å². The summed E-state index contributed by atoms with van der Waals surface area (Å²) in [5.41, 5.74) is 9.35. The summed E-state index contributed by atoms with van der Waals surface area (Å²) < 4.78 is 2.06. The molecule has 0 saturated carbocycles. The average Bonchev–Trinajstić information content (AvgIpc) is 2.76. The monoisotopic (exact) mass is 322 g/mol. The van der Waals surface area contributed by atoms with Crippen LogP contribution in [-0.2, 0) is 17.8 Å². The van der Waals surface area contributed by atoms with Crippen LogP contribution in [0, 0.1) is 19.8 Å². The van der Waals surface area contributed by atoms with Crippen molar-refractivity contribution in [3.05, 3.63) is 17.0 Å². The van der Waals surface area contributed by atoms with Gasteiger partial charge in [0.25, 0.3) is 0 Å². The topological polar surface area (TPSA) is 72.9 Å². The van der Waals surface area contributed by atoms with Crippen molar-refractivity contribution in [2.45, 2.75) is 79.3 Å². The molecule has 23 heavy (non-hydrogen) atoms. The van der Waals surface area contributed by atoms with Crippen LogP contribution in [0.25, 0.3) is 0 Å². The Morgan fingerprint density at radius 3 is 2.43 bits per heavy atom. The van der Waals surface area contributed by atoms with Crippen molar-refractivity contribution >= 4 is 5.91 Å². The maximum Gasteiger partial charge on any atom is 0.220 e. The van der Waals surface area contributed by atoms with Crippen molar-refractivity contribution < 1.29 is 4.79 Å². The second-order valence-electron chi connectivity index (χ2n) is 7.07. The molecular formula is C18H34N4O. The zero-order valence-electron chi connectivity index (χ0n) is 15.7. The number of rotatable bonds is 9. The molecule has 5 nitrogen and oxygen atoms in total. The number of aromatic nitrogens is 2. The summed E-state index contributed by atoms with van der Waals surface area (Å²) in [5, 5.41) is 7.59. The van der Waals surface area contributed by atoms with Gasteiger partial charge in [-0.1, -0.05) is 27.7 Å². The predicted molar refractivity (Wildman–Crippen MR) is 95.4 cm³/mol. The van der Waals surface area contributed by atoms with Crippen LogP contribution in [0.5, 0.6) is 0 Å². The third-order valence-corrected chi connectivity index (χ3v) is 4.72.